The second kappa shape index (κ2) is 3.39. The van der Waals surface area contributed by atoms with Crippen molar-refractivity contribution in [2.75, 3.05) is 0 Å². The Morgan fingerprint density at radius 1 is 1.14 bits per heavy atom. The lowest BCUT2D eigenvalue weighted by Crippen LogP contribution is -2.07. The number of hydrogen-bond acceptors (Lipinski definition) is 1. The molecule has 0 fully saturated rings. The van der Waals surface area contributed by atoms with Crippen molar-refractivity contribution in [3.63, 3.8) is 0 Å². The van der Waals surface area contributed by atoms with Gasteiger partial charge in [0.25, 0.3) is 0 Å². The average molecular weight is 189 g/mol. The van der Waals surface area contributed by atoms with Crippen LogP contribution < -0.4 is 5.73 Å². The summed E-state index contributed by atoms with van der Waals surface area (Å²) in [6, 6.07) is 10.8. The lowest BCUT2D eigenvalue weighted by molar-refractivity contribution is 0.596. The van der Waals surface area contributed by atoms with E-state index < -0.39 is 0 Å². The smallest absolute Gasteiger partial charge is 0.128 e. The first kappa shape index (κ1) is 9.16. The second-order valence-electron chi connectivity index (χ2n) is 3.51. The minimum atomic E-state index is -0.264. The molecule has 0 aliphatic heterocycles. The normalized spacial score (nSPS) is 13.1. The summed E-state index contributed by atoms with van der Waals surface area (Å²) in [7, 11) is 0. The predicted molar refractivity (Wildman–Crippen MR) is 56.5 cm³/mol. The minimum Gasteiger partial charge on any atom is -0.324 e. The van der Waals surface area contributed by atoms with Crippen LogP contribution in [-0.4, -0.2) is 0 Å². The molecule has 2 N–H and O–H groups in total. The van der Waals surface area contributed by atoms with E-state index in [9.17, 15) is 4.39 Å². The van der Waals surface area contributed by atoms with Crippen LogP contribution in [0.5, 0.6) is 0 Å². The molecule has 0 aliphatic rings. The van der Waals surface area contributed by atoms with Crippen LogP contribution >= 0.6 is 0 Å². The third kappa shape index (κ3) is 1.49. The van der Waals surface area contributed by atoms with E-state index in [0.29, 0.717) is 5.56 Å². The molecule has 2 aromatic carbocycles. The average Bonchev–Trinajstić information content (AvgIpc) is 2.16. The van der Waals surface area contributed by atoms with E-state index in [1.165, 1.54) is 6.07 Å². The highest BCUT2D eigenvalue weighted by Crippen LogP contribution is 2.22. The van der Waals surface area contributed by atoms with Gasteiger partial charge in [0.05, 0.1) is 0 Å². The molecule has 0 heterocycles. The van der Waals surface area contributed by atoms with Gasteiger partial charge in [-0.1, -0.05) is 24.3 Å². The first-order chi connectivity index (χ1) is 6.68. The maximum absolute atomic E-state index is 13.5. The van der Waals surface area contributed by atoms with Crippen molar-refractivity contribution in [2.45, 2.75) is 13.0 Å². The summed E-state index contributed by atoms with van der Waals surface area (Å²) in [5, 5.41) is 1.94. The quantitative estimate of drug-likeness (QED) is 0.733. The Morgan fingerprint density at radius 3 is 2.29 bits per heavy atom. The van der Waals surface area contributed by atoms with Gasteiger partial charge in [-0.05, 0) is 29.8 Å². The molecular weight excluding hydrogens is 177 g/mol. The SMILES string of the molecule is C[C@@H](N)c1cc2ccccc2cc1F. The van der Waals surface area contributed by atoms with E-state index >= 15 is 0 Å². The van der Waals surface area contributed by atoms with Gasteiger partial charge in [-0.3, -0.25) is 0 Å². The Morgan fingerprint density at radius 2 is 1.71 bits per heavy atom. The van der Waals surface area contributed by atoms with Crippen molar-refractivity contribution in [1.82, 2.24) is 0 Å². The van der Waals surface area contributed by atoms with Gasteiger partial charge in [0.1, 0.15) is 5.82 Å². The zero-order chi connectivity index (χ0) is 10.1. The topological polar surface area (TPSA) is 26.0 Å². The Labute approximate surface area is 82.3 Å². The lowest BCUT2D eigenvalue weighted by atomic mass is 10.0. The highest BCUT2D eigenvalue weighted by Gasteiger charge is 2.07. The Kier molecular flexibility index (Phi) is 2.22. The molecular formula is C12H12FN. The molecule has 0 unspecified atom stereocenters. The maximum Gasteiger partial charge on any atom is 0.128 e. The van der Waals surface area contributed by atoms with Gasteiger partial charge in [-0.15, -0.1) is 0 Å². The standard InChI is InChI=1S/C12H12FN/c1-8(14)11-6-9-4-2-3-5-10(9)7-12(11)13/h2-8H,14H2,1H3/t8-/m1/s1. The van der Waals surface area contributed by atoms with Crippen LogP contribution in [0.25, 0.3) is 10.8 Å². The predicted octanol–water partition coefficient (Wildman–Crippen LogP) is 3.00. The number of rotatable bonds is 1. The van der Waals surface area contributed by atoms with Gasteiger partial charge < -0.3 is 5.73 Å². The van der Waals surface area contributed by atoms with Crippen molar-refractivity contribution in [2.24, 2.45) is 5.73 Å². The highest BCUT2D eigenvalue weighted by atomic mass is 19.1. The monoisotopic (exact) mass is 189 g/mol. The molecule has 0 saturated heterocycles. The molecule has 72 valence electrons. The van der Waals surface area contributed by atoms with Crippen molar-refractivity contribution in [3.05, 3.63) is 47.8 Å². The molecule has 0 radical (unpaired) electrons. The summed E-state index contributed by atoms with van der Waals surface area (Å²) in [5.41, 5.74) is 6.24. The third-order valence-electron chi connectivity index (χ3n) is 2.36. The molecule has 0 spiro atoms. The van der Waals surface area contributed by atoms with E-state index in [4.69, 9.17) is 5.73 Å². The largest absolute Gasteiger partial charge is 0.324 e. The molecule has 0 aromatic heterocycles. The van der Waals surface area contributed by atoms with Crippen molar-refractivity contribution in [1.29, 1.82) is 0 Å². The fraction of sp³-hybridized carbons (Fsp3) is 0.167. The van der Waals surface area contributed by atoms with Crippen molar-refractivity contribution in [3.8, 4) is 0 Å². The van der Waals surface area contributed by atoms with Crippen LogP contribution in [0.4, 0.5) is 4.39 Å². The molecule has 0 saturated carbocycles. The van der Waals surface area contributed by atoms with Crippen LogP contribution in [0.3, 0.4) is 0 Å². The Hall–Kier alpha value is -1.41. The summed E-state index contributed by atoms with van der Waals surface area (Å²) >= 11 is 0. The minimum absolute atomic E-state index is 0.223. The number of nitrogens with two attached hydrogens (primary N) is 1. The Bertz CT molecular complexity index is 463. The molecule has 2 aromatic rings. The fourth-order valence-electron chi connectivity index (χ4n) is 1.58. The van der Waals surface area contributed by atoms with E-state index in [1.807, 2.05) is 30.3 Å². The van der Waals surface area contributed by atoms with Gasteiger partial charge >= 0.3 is 0 Å². The summed E-state index contributed by atoms with van der Waals surface area (Å²) in [5.74, 6) is -0.223. The lowest BCUT2D eigenvalue weighted by Gasteiger charge is -2.08. The third-order valence-corrected chi connectivity index (χ3v) is 2.36. The molecule has 0 aliphatic carbocycles. The van der Waals surface area contributed by atoms with Crippen LogP contribution in [0.2, 0.25) is 0 Å². The van der Waals surface area contributed by atoms with E-state index in [-0.39, 0.29) is 11.9 Å². The molecule has 2 rings (SSSR count). The van der Waals surface area contributed by atoms with Gasteiger partial charge in [0.15, 0.2) is 0 Å². The highest BCUT2D eigenvalue weighted by molar-refractivity contribution is 5.83. The van der Waals surface area contributed by atoms with Crippen molar-refractivity contribution < 1.29 is 4.39 Å². The van der Waals surface area contributed by atoms with E-state index in [0.717, 1.165) is 10.8 Å². The maximum atomic E-state index is 13.5. The Balaban J connectivity index is 2.71. The molecule has 0 amide bonds. The van der Waals surface area contributed by atoms with Crippen LogP contribution in [0.1, 0.15) is 18.5 Å². The second-order valence-corrected chi connectivity index (χ2v) is 3.51. The molecule has 1 nitrogen and oxygen atoms in total. The van der Waals surface area contributed by atoms with Gasteiger partial charge in [-0.2, -0.15) is 0 Å². The molecule has 0 bridgehead atoms. The fourth-order valence-corrected chi connectivity index (χ4v) is 1.58. The van der Waals surface area contributed by atoms with Gasteiger partial charge in [-0.25, -0.2) is 4.39 Å². The zero-order valence-electron chi connectivity index (χ0n) is 8.00. The van der Waals surface area contributed by atoms with Crippen LogP contribution in [-0.2, 0) is 0 Å². The first-order valence-corrected chi connectivity index (χ1v) is 4.62. The van der Waals surface area contributed by atoms with Gasteiger partial charge in [0, 0.05) is 11.6 Å². The van der Waals surface area contributed by atoms with E-state index in [1.54, 1.807) is 6.92 Å². The van der Waals surface area contributed by atoms with Crippen LogP contribution in [0, 0.1) is 5.82 Å². The molecule has 1 atom stereocenters. The summed E-state index contributed by atoms with van der Waals surface area (Å²) in [6.07, 6.45) is 0. The summed E-state index contributed by atoms with van der Waals surface area (Å²) < 4.78 is 13.5. The zero-order valence-corrected chi connectivity index (χ0v) is 8.00. The number of fused-ring (bicyclic) bond motifs is 1. The molecule has 14 heavy (non-hydrogen) atoms. The number of halogens is 1. The van der Waals surface area contributed by atoms with Crippen LogP contribution in [0.15, 0.2) is 36.4 Å². The van der Waals surface area contributed by atoms with E-state index in [2.05, 4.69) is 0 Å². The number of benzene rings is 2. The molecule has 2 heteroatoms. The first-order valence-electron chi connectivity index (χ1n) is 4.62. The van der Waals surface area contributed by atoms with Crippen molar-refractivity contribution >= 4 is 10.8 Å². The summed E-state index contributed by atoms with van der Waals surface area (Å²) in [6.45, 7) is 1.78. The van der Waals surface area contributed by atoms with Gasteiger partial charge in [0.2, 0.25) is 0 Å². The number of hydrogen-bond donors (Lipinski definition) is 1. The summed E-state index contributed by atoms with van der Waals surface area (Å²) in [4.78, 5) is 0.